The van der Waals surface area contributed by atoms with E-state index in [-0.39, 0.29) is 6.04 Å². The molecule has 0 aliphatic heterocycles. The normalized spacial score (nSPS) is 12.6. The first-order valence-corrected chi connectivity index (χ1v) is 9.55. The fourth-order valence-electron chi connectivity index (χ4n) is 2.57. The highest BCUT2D eigenvalue weighted by molar-refractivity contribution is 7.11. The Hall–Kier alpha value is -2.28. The molecule has 0 amide bonds. The van der Waals surface area contributed by atoms with Crippen molar-refractivity contribution < 1.29 is 9.47 Å². The molecule has 2 N–H and O–H groups in total. The van der Waals surface area contributed by atoms with E-state index in [2.05, 4.69) is 34.5 Å². The second-order valence-corrected chi connectivity index (χ2v) is 7.00. The van der Waals surface area contributed by atoms with Crippen molar-refractivity contribution >= 4 is 17.3 Å². The second-order valence-electron chi connectivity index (χ2n) is 5.80. The van der Waals surface area contributed by atoms with E-state index in [4.69, 9.17) is 9.47 Å². The van der Waals surface area contributed by atoms with Crippen LogP contribution >= 0.6 is 11.3 Å². The minimum absolute atomic E-state index is 0.0119. The van der Waals surface area contributed by atoms with Crippen molar-refractivity contribution in [2.45, 2.75) is 32.7 Å². The summed E-state index contributed by atoms with van der Waals surface area (Å²) in [6, 6.07) is 5.79. The Morgan fingerprint density at radius 3 is 2.73 bits per heavy atom. The quantitative estimate of drug-likeness (QED) is 0.547. The summed E-state index contributed by atoms with van der Waals surface area (Å²) in [4.78, 5) is 10.1. The molecule has 1 aromatic carbocycles. The van der Waals surface area contributed by atoms with Crippen LogP contribution in [-0.4, -0.2) is 38.8 Å². The predicted molar refractivity (Wildman–Crippen MR) is 108 cm³/mol. The van der Waals surface area contributed by atoms with E-state index in [0.29, 0.717) is 0 Å². The van der Waals surface area contributed by atoms with Crippen molar-refractivity contribution in [3.05, 3.63) is 39.8 Å². The number of thiazole rings is 1. The van der Waals surface area contributed by atoms with E-state index < -0.39 is 0 Å². The van der Waals surface area contributed by atoms with Crippen LogP contribution in [0.25, 0.3) is 0 Å². The van der Waals surface area contributed by atoms with Gasteiger partial charge in [0.2, 0.25) is 0 Å². The molecule has 2 aromatic rings. The van der Waals surface area contributed by atoms with Crippen LogP contribution < -0.4 is 20.1 Å². The maximum Gasteiger partial charge on any atom is 0.191 e. The maximum absolute atomic E-state index is 5.47. The third kappa shape index (κ3) is 5.36. The van der Waals surface area contributed by atoms with Crippen LogP contribution in [0, 0.1) is 0 Å². The van der Waals surface area contributed by atoms with Crippen molar-refractivity contribution in [2.24, 2.45) is 4.99 Å². The number of nitrogens with zero attached hydrogens (tertiary/aromatic N) is 2. The lowest BCUT2D eigenvalue weighted by molar-refractivity contribution is 0.394. The highest BCUT2D eigenvalue weighted by Crippen LogP contribution is 2.29. The minimum atomic E-state index is 0.0119. The van der Waals surface area contributed by atoms with Gasteiger partial charge in [-0.1, -0.05) is 6.92 Å². The summed E-state index contributed by atoms with van der Waals surface area (Å²) >= 11 is 1.77. The lowest BCUT2D eigenvalue weighted by Gasteiger charge is -2.20. The molecule has 7 heteroatoms. The fourth-order valence-corrected chi connectivity index (χ4v) is 3.43. The highest BCUT2D eigenvalue weighted by Gasteiger charge is 2.14. The Kier molecular flexibility index (Phi) is 7.72. The third-order valence-corrected chi connectivity index (χ3v) is 5.26. The number of ether oxygens (including phenoxy) is 2. The first-order valence-electron chi connectivity index (χ1n) is 8.73. The highest BCUT2D eigenvalue weighted by atomic mass is 32.1. The van der Waals surface area contributed by atoms with Crippen LogP contribution in [0.15, 0.2) is 29.4 Å². The maximum atomic E-state index is 5.47. The Bertz CT molecular complexity index is 730. The average molecular weight is 377 g/mol. The zero-order valence-electron chi connectivity index (χ0n) is 16.1. The molecule has 0 bridgehead atoms. The molecule has 0 saturated carbocycles. The van der Waals surface area contributed by atoms with Crippen LogP contribution in [0.3, 0.4) is 0 Å². The molecule has 142 valence electrons. The van der Waals surface area contributed by atoms with E-state index in [9.17, 15) is 0 Å². The lowest BCUT2D eigenvalue weighted by atomic mass is 10.1. The average Bonchev–Trinajstić information content (AvgIpc) is 3.14. The summed E-state index contributed by atoms with van der Waals surface area (Å²) < 4.78 is 10.8. The summed E-state index contributed by atoms with van der Waals surface area (Å²) in [5.74, 6) is 2.36. The Labute approximate surface area is 159 Å². The van der Waals surface area contributed by atoms with E-state index in [1.165, 1.54) is 4.88 Å². The predicted octanol–water partition coefficient (Wildman–Crippen LogP) is 3.19. The number of methoxy groups -OCH3 is 2. The van der Waals surface area contributed by atoms with Gasteiger partial charge in [0.05, 0.1) is 25.3 Å². The van der Waals surface area contributed by atoms with Gasteiger partial charge in [0.25, 0.3) is 0 Å². The number of aryl methyl sites for hydroxylation is 1. The standard InChI is InChI=1S/C19H28N4O2S/c1-6-15-12-22-18(26-15)9-10-21-19(20-3)23-13(2)16-11-14(24-4)7-8-17(16)25-5/h7-8,11-13H,6,9-10H2,1-5H3,(H2,20,21,23). The van der Waals surface area contributed by atoms with Crippen LogP contribution in [0.5, 0.6) is 11.5 Å². The van der Waals surface area contributed by atoms with Gasteiger partial charge >= 0.3 is 0 Å². The number of rotatable bonds is 8. The largest absolute Gasteiger partial charge is 0.497 e. The zero-order valence-corrected chi connectivity index (χ0v) is 16.9. The van der Waals surface area contributed by atoms with Crippen molar-refractivity contribution in [1.82, 2.24) is 15.6 Å². The molecule has 0 aliphatic carbocycles. The molecule has 1 aromatic heterocycles. The SMILES string of the molecule is CCc1cnc(CCNC(=NC)NC(C)c2cc(OC)ccc2OC)s1. The van der Waals surface area contributed by atoms with Gasteiger partial charge in [-0.3, -0.25) is 4.99 Å². The topological polar surface area (TPSA) is 67.8 Å². The minimum Gasteiger partial charge on any atom is -0.497 e. The zero-order chi connectivity index (χ0) is 18.9. The summed E-state index contributed by atoms with van der Waals surface area (Å²) in [7, 11) is 5.10. The number of guanidine groups is 1. The molecule has 0 fully saturated rings. The van der Waals surface area contributed by atoms with Gasteiger partial charge in [-0.2, -0.15) is 0 Å². The summed E-state index contributed by atoms with van der Waals surface area (Å²) in [5.41, 5.74) is 1.02. The van der Waals surface area contributed by atoms with Crippen LogP contribution in [0.2, 0.25) is 0 Å². The number of aromatic nitrogens is 1. The monoisotopic (exact) mass is 376 g/mol. The number of aliphatic imine (C=N–C) groups is 1. The summed E-state index contributed by atoms with van der Waals surface area (Å²) in [6.07, 6.45) is 3.88. The number of nitrogens with one attached hydrogen (secondary N) is 2. The molecule has 1 atom stereocenters. The van der Waals surface area contributed by atoms with Gasteiger partial charge in [0.15, 0.2) is 5.96 Å². The van der Waals surface area contributed by atoms with Gasteiger partial charge in [-0.05, 0) is 31.5 Å². The fraction of sp³-hybridized carbons (Fsp3) is 0.474. The molecule has 26 heavy (non-hydrogen) atoms. The molecular formula is C19H28N4O2S. The smallest absolute Gasteiger partial charge is 0.191 e. The first kappa shape index (κ1) is 20.0. The number of hydrogen-bond donors (Lipinski definition) is 2. The van der Waals surface area contributed by atoms with Crippen molar-refractivity contribution in [3.8, 4) is 11.5 Å². The molecule has 1 unspecified atom stereocenters. The van der Waals surface area contributed by atoms with Crippen LogP contribution in [0.4, 0.5) is 0 Å². The molecule has 0 spiro atoms. The van der Waals surface area contributed by atoms with E-state index in [1.54, 1.807) is 32.6 Å². The molecule has 0 saturated heterocycles. The lowest BCUT2D eigenvalue weighted by Crippen LogP contribution is -2.39. The van der Waals surface area contributed by atoms with Gasteiger partial charge in [0.1, 0.15) is 11.5 Å². The molecular weight excluding hydrogens is 348 g/mol. The van der Waals surface area contributed by atoms with Crippen molar-refractivity contribution in [2.75, 3.05) is 27.8 Å². The van der Waals surface area contributed by atoms with Gasteiger partial charge < -0.3 is 20.1 Å². The Morgan fingerprint density at radius 1 is 1.31 bits per heavy atom. The van der Waals surface area contributed by atoms with Crippen molar-refractivity contribution in [1.29, 1.82) is 0 Å². The Balaban J connectivity index is 1.94. The number of benzene rings is 1. The van der Waals surface area contributed by atoms with E-state index in [0.717, 1.165) is 47.4 Å². The molecule has 0 aliphatic rings. The van der Waals surface area contributed by atoms with E-state index >= 15 is 0 Å². The van der Waals surface area contributed by atoms with Gasteiger partial charge in [-0.15, -0.1) is 11.3 Å². The summed E-state index contributed by atoms with van der Waals surface area (Å²) in [6.45, 7) is 4.99. The summed E-state index contributed by atoms with van der Waals surface area (Å²) in [5, 5.41) is 7.89. The van der Waals surface area contributed by atoms with Gasteiger partial charge in [0, 0.05) is 36.7 Å². The van der Waals surface area contributed by atoms with E-state index in [1.807, 2.05) is 24.4 Å². The number of hydrogen-bond acceptors (Lipinski definition) is 5. The Morgan fingerprint density at radius 2 is 2.12 bits per heavy atom. The first-order chi connectivity index (χ1) is 12.6. The second kappa shape index (κ2) is 10.0. The van der Waals surface area contributed by atoms with Crippen LogP contribution in [-0.2, 0) is 12.8 Å². The van der Waals surface area contributed by atoms with Crippen molar-refractivity contribution in [3.63, 3.8) is 0 Å². The molecule has 2 rings (SSSR count). The molecule has 0 radical (unpaired) electrons. The third-order valence-electron chi connectivity index (χ3n) is 4.06. The molecule has 6 nitrogen and oxygen atoms in total. The van der Waals surface area contributed by atoms with Crippen LogP contribution in [0.1, 0.15) is 35.3 Å². The molecule has 1 heterocycles. The van der Waals surface area contributed by atoms with Gasteiger partial charge in [-0.25, -0.2) is 4.98 Å².